The number of nitrogens with one attached hydrogen (secondary N) is 2. The number of pyridine rings is 1. The van der Waals surface area contributed by atoms with Crippen LogP contribution in [0, 0.1) is 12.8 Å². The Morgan fingerprint density at radius 3 is 2.93 bits per heavy atom. The number of anilines is 1. The molecule has 140 valence electrons. The lowest BCUT2D eigenvalue weighted by Crippen LogP contribution is -2.23. The monoisotopic (exact) mass is 402 g/mol. The Hall–Kier alpha value is -2.31. The van der Waals surface area contributed by atoms with Crippen LogP contribution < -0.4 is 10.9 Å². The van der Waals surface area contributed by atoms with E-state index in [1.807, 2.05) is 13.0 Å². The molecule has 4 rings (SSSR count). The van der Waals surface area contributed by atoms with Gasteiger partial charge in [-0.05, 0) is 55.4 Å². The molecule has 1 aliphatic rings. The van der Waals surface area contributed by atoms with Gasteiger partial charge in [-0.3, -0.25) is 9.59 Å². The molecular weight excluding hydrogens is 384 g/mol. The number of halogens is 1. The minimum Gasteiger partial charge on any atom is -0.506 e. The van der Waals surface area contributed by atoms with Crippen LogP contribution in [0.2, 0.25) is 5.02 Å². The van der Waals surface area contributed by atoms with Gasteiger partial charge in [0.05, 0.1) is 16.1 Å². The van der Waals surface area contributed by atoms with Gasteiger partial charge in [0.15, 0.2) is 0 Å². The van der Waals surface area contributed by atoms with Gasteiger partial charge in [0.2, 0.25) is 0 Å². The first kappa shape index (κ1) is 18.1. The van der Waals surface area contributed by atoms with Crippen LogP contribution in [-0.4, -0.2) is 16.0 Å². The number of carbonyl (C=O) groups excluding carboxylic acids is 1. The number of aryl methyl sites for hydroxylation is 2. The Morgan fingerprint density at radius 2 is 2.19 bits per heavy atom. The molecule has 1 aliphatic carbocycles. The molecule has 1 amide bonds. The van der Waals surface area contributed by atoms with E-state index in [4.69, 9.17) is 11.6 Å². The predicted molar refractivity (Wildman–Crippen MR) is 109 cm³/mol. The fourth-order valence-corrected chi connectivity index (χ4v) is 5.29. The van der Waals surface area contributed by atoms with Gasteiger partial charge in [-0.25, -0.2) is 0 Å². The zero-order chi connectivity index (χ0) is 19.3. The van der Waals surface area contributed by atoms with Gasteiger partial charge in [-0.15, -0.1) is 11.3 Å². The highest BCUT2D eigenvalue weighted by molar-refractivity contribution is 7.18. The van der Waals surface area contributed by atoms with Crippen LogP contribution in [0.25, 0.3) is 10.2 Å². The molecule has 1 atom stereocenters. The molecule has 2 heterocycles. The average molecular weight is 403 g/mol. The largest absolute Gasteiger partial charge is 0.506 e. The topological polar surface area (TPSA) is 82.2 Å². The second-order valence-electron chi connectivity index (χ2n) is 7.17. The fraction of sp³-hybridized carbons (Fsp3) is 0.300. The summed E-state index contributed by atoms with van der Waals surface area (Å²) in [7, 11) is 0. The lowest BCUT2D eigenvalue weighted by molar-refractivity contribution is 0.102. The lowest BCUT2D eigenvalue weighted by Gasteiger charge is -2.18. The first-order chi connectivity index (χ1) is 12.8. The van der Waals surface area contributed by atoms with E-state index in [1.54, 1.807) is 12.1 Å². The number of aromatic nitrogens is 1. The average Bonchev–Trinajstić information content (AvgIpc) is 2.94. The molecule has 27 heavy (non-hydrogen) atoms. The number of carbonyl (C=O) groups is 1. The second kappa shape index (κ2) is 6.69. The van der Waals surface area contributed by atoms with Gasteiger partial charge in [-0.1, -0.05) is 24.6 Å². The van der Waals surface area contributed by atoms with Crippen LogP contribution in [-0.2, 0) is 12.8 Å². The number of aromatic hydroxyl groups is 1. The lowest BCUT2D eigenvalue weighted by atomic mass is 9.89. The maximum absolute atomic E-state index is 12.7. The molecule has 1 aromatic carbocycles. The Bertz CT molecular complexity index is 1130. The molecule has 0 saturated carbocycles. The number of benzene rings is 1. The van der Waals surface area contributed by atoms with Gasteiger partial charge in [-0.2, -0.15) is 0 Å². The normalized spacial score (nSPS) is 16.3. The van der Waals surface area contributed by atoms with Crippen molar-refractivity contribution in [1.82, 2.24) is 4.98 Å². The van der Waals surface area contributed by atoms with Gasteiger partial charge in [0, 0.05) is 4.88 Å². The summed E-state index contributed by atoms with van der Waals surface area (Å²) in [5, 5.41) is 14.4. The number of fused-ring (bicyclic) bond motifs is 3. The summed E-state index contributed by atoms with van der Waals surface area (Å²) >= 11 is 7.66. The van der Waals surface area contributed by atoms with Crippen molar-refractivity contribution in [2.45, 2.75) is 33.1 Å². The molecule has 0 unspecified atom stereocenters. The van der Waals surface area contributed by atoms with Crippen molar-refractivity contribution >= 4 is 44.7 Å². The van der Waals surface area contributed by atoms with Gasteiger partial charge in [0.1, 0.15) is 16.1 Å². The maximum atomic E-state index is 12.7. The van der Waals surface area contributed by atoms with Gasteiger partial charge < -0.3 is 15.4 Å². The molecule has 0 aliphatic heterocycles. The van der Waals surface area contributed by atoms with Crippen molar-refractivity contribution in [1.29, 1.82) is 0 Å². The first-order valence-corrected chi connectivity index (χ1v) is 10.0. The standard InChI is InChI=1S/C20H19ClN2O3S/c1-9-4-6-13(12(21)7-9)22-18(25)16-17(24)15-11-5-3-10(2)8-14(11)27-20(15)23-19(16)26/h4,6-7,10H,3,5,8H2,1-2H3,(H,22,25)(H2,23,24,26)/t10-/m0/s1. The molecule has 0 bridgehead atoms. The number of aromatic amines is 1. The molecule has 0 spiro atoms. The van der Waals surface area contributed by atoms with Crippen LogP contribution in [0.3, 0.4) is 0 Å². The van der Waals surface area contributed by atoms with E-state index in [0.29, 0.717) is 26.8 Å². The van der Waals surface area contributed by atoms with E-state index in [2.05, 4.69) is 17.2 Å². The van der Waals surface area contributed by atoms with Crippen molar-refractivity contribution < 1.29 is 9.90 Å². The second-order valence-corrected chi connectivity index (χ2v) is 8.68. The Morgan fingerprint density at radius 1 is 1.41 bits per heavy atom. The number of rotatable bonds is 2. The van der Waals surface area contributed by atoms with Crippen LogP contribution in [0.4, 0.5) is 5.69 Å². The SMILES string of the molecule is Cc1ccc(NC(=O)c2c(O)c3c4c(sc3[nH]c2=O)C[C@@H](C)CC4)c(Cl)c1. The van der Waals surface area contributed by atoms with E-state index >= 15 is 0 Å². The van der Waals surface area contributed by atoms with Crippen LogP contribution in [0.5, 0.6) is 5.75 Å². The summed E-state index contributed by atoms with van der Waals surface area (Å²) in [5.41, 5.74) is 1.52. The third-order valence-corrected chi connectivity index (χ3v) is 6.52. The molecule has 0 radical (unpaired) electrons. The highest BCUT2D eigenvalue weighted by Crippen LogP contribution is 2.41. The van der Waals surface area contributed by atoms with Gasteiger partial charge in [0.25, 0.3) is 11.5 Å². The molecule has 3 N–H and O–H groups in total. The number of hydrogen-bond donors (Lipinski definition) is 3. The minimum atomic E-state index is -0.675. The summed E-state index contributed by atoms with van der Waals surface area (Å²) in [6.07, 6.45) is 2.79. The highest BCUT2D eigenvalue weighted by Gasteiger charge is 2.27. The summed E-state index contributed by atoms with van der Waals surface area (Å²) in [6, 6.07) is 5.21. The molecule has 0 saturated heterocycles. The van der Waals surface area contributed by atoms with E-state index in [0.717, 1.165) is 30.4 Å². The number of thiophene rings is 1. The van der Waals surface area contributed by atoms with Crippen LogP contribution in [0.15, 0.2) is 23.0 Å². The van der Waals surface area contributed by atoms with E-state index in [9.17, 15) is 14.7 Å². The summed E-state index contributed by atoms with van der Waals surface area (Å²) in [4.78, 5) is 29.8. The molecular formula is C20H19ClN2O3S. The Balaban J connectivity index is 1.79. The molecule has 3 aromatic rings. The zero-order valence-electron chi connectivity index (χ0n) is 15.0. The molecule has 0 fully saturated rings. The number of amides is 1. The molecule has 2 aromatic heterocycles. The Labute approximate surface area is 165 Å². The van der Waals surface area contributed by atoms with E-state index < -0.39 is 11.5 Å². The predicted octanol–water partition coefficient (Wildman–Crippen LogP) is 4.63. The van der Waals surface area contributed by atoms with E-state index in [1.165, 1.54) is 16.2 Å². The first-order valence-electron chi connectivity index (χ1n) is 8.82. The number of hydrogen-bond acceptors (Lipinski definition) is 4. The van der Waals surface area contributed by atoms with Crippen molar-refractivity contribution in [2.75, 3.05) is 5.32 Å². The minimum absolute atomic E-state index is 0.249. The highest BCUT2D eigenvalue weighted by atomic mass is 35.5. The quantitative estimate of drug-likeness (QED) is 0.584. The van der Waals surface area contributed by atoms with Crippen molar-refractivity contribution in [3.05, 3.63) is 55.1 Å². The zero-order valence-corrected chi connectivity index (χ0v) is 16.6. The number of H-pyrrole nitrogens is 1. The summed E-state index contributed by atoms with van der Waals surface area (Å²) < 4.78 is 0. The van der Waals surface area contributed by atoms with Crippen molar-refractivity contribution in [3.63, 3.8) is 0 Å². The fourth-order valence-electron chi connectivity index (χ4n) is 3.60. The van der Waals surface area contributed by atoms with Crippen LogP contribution >= 0.6 is 22.9 Å². The Kier molecular flexibility index (Phi) is 4.48. The third kappa shape index (κ3) is 3.13. The molecule has 5 nitrogen and oxygen atoms in total. The van der Waals surface area contributed by atoms with Crippen molar-refractivity contribution in [3.8, 4) is 5.75 Å². The van der Waals surface area contributed by atoms with E-state index in [-0.39, 0.29) is 11.3 Å². The van der Waals surface area contributed by atoms with Crippen molar-refractivity contribution in [2.24, 2.45) is 5.92 Å². The third-order valence-electron chi connectivity index (χ3n) is 5.04. The summed E-state index contributed by atoms with van der Waals surface area (Å²) in [5.74, 6) is -0.349. The van der Waals surface area contributed by atoms with Crippen LogP contribution in [0.1, 0.15) is 39.7 Å². The molecule has 7 heteroatoms. The maximum Gasteiger partial charge on any atom is 0.265 e. The van der Waals surface area contributed by atoms with Gasteiger partial charge >= 0.3 is 0 Å². The smallest absolute Gasteiger partial charge is 0.265 e. The summed E-state index contributed by atoms with van der Waals surface area (Å²) in [6.45, 7) is 4.09.